The van der Waals surface area contributed by atoms with Gasteiger partial charge in [-0.2, -0.15) is 0 Å². The fourth-order valence-corrected chi connectivity index (χ4v) is 6.00. The highest BCUT2D eigenvalue weighted by Gasteiger charge is 2.53. The Labute approximate surface area is 150 Å². The first-order valence-corrected chi connectivity index (χ1v) is 9.77. The van der Waals surface area contributed by atoms with E-state index in [0.29, 0.717) is 35.7 Å². The van der Waals surface area contributed by atoms with Crippen molar-refractivity contribution >= 4 is 5.78 Å². The van der Waals surface area contributed by atoms with Crippen LogP contribution in [0.15, 0.2) is 36.9 Å². The molecule has 0 saturated heterocycles. The van der Waals surface area contributed by atoms with E-state index in [1.54, 1.807) is 0 Å². The summed E-state index contributed by atoms with van der Waals surface area (Å²) < 4.78 is 0. The fourth-order valence-electron chi connectivity index (χ4n) is 6.00. The van der Waals surface area contributed by atoms with Gasteiger partial charge in [-0.1, -0.05) is 25.1 Å². The Morgan fingerprint density at radius 3 is 2.96 bits per heavy atom. The molecule has 0 aromatic heterocycles. The minimum Gasteiger partial charge on any atom is -0.508 e. The van der Waals surface area contributed by atoms with Gasteiger partial charge in [-0.05, 0) is 91.5 Å². The molecule has 1 N–H and O–H groups in total. The maximum Gasteiger partial charge on any atom is 0.161 e. The molecule has 3 aliphatic rings. The lowest BCUT2D eigenvalue weighted by molar-refractivity contribution is -0.133. The highest BCUT2D eigenvalue weighted by atomic mass is 16.3. The molecule has 3 aliphatic carbocycles. The summed E-state index contributed by atoms with van der Waals surface area (Å²) >= 11 is 0. The number of aromatic hydroxyl groups is 1. The Morgan fingerprint density at radius 2 is 2.20 bits per heavy atom. The molecule has 1 aromatic carbocycles. The zero-order chi connectivity index (χ0) is 17.6. The first-order valence-electron chi connectivity index (χ1n) is 9.77. The number of carbonyl (C=O) groups is 1. The van der Waals surface area contributed by atoms with Crippen LogP contribution in [0.3, 0.4) is 0 Å². The fraction of sp³-hybridized carbons (Fsp3) is 0.522. The summed E-state index contributed by atoms with van der Waals surface area (Å²) in [6.45, 7) is 6.01. The molecule has 1 fully saturated rings. The number of fused-ring (bicyclic) bond motifs is 5. The third-order valence-electron chi connectivity index (χ3n) is 7.28. The number of rotatable bonds is 3. The molecule has 0 heterocycles. The predicted octanol–water partition coefficient (Wildman–Crippen LogP) is 5.10. The second kappa shape index (κ2) is 6.16. The molecule has 132 valence electrons. The maximum atomic E-state index is 12.8. The van der Waals surface area contributed by atoms with Crippen LogP contribution in [-0.2, 0) is 17.6 Å². The second-order valence-corrected chi connectivity index (χ2v) is 8.14. The molecule has 0 aliphatic heterocycles. The van der Waals surface area contributed by atoms with Crippen LogP contribution in [0.25, 0.3) is 0 Å². The molecule has 0 unspecified atom stereocenters. The van der Waals surface area contributed by atoms with Crippen molar-refractivity contribution in [1.29, 1.82) is 0 Å². The van der Waals surface area contributed by atoms with Gasteiger partial charge in [0.15, 0.2) is 5.78 Å². The summed E-state index contributed by atoms with van der Waals surface area (Å²) in [6, 6.07) is 4.21. The van der Waals surface area contributed by atoms with Gasteiger partial charge in [0.05, 0.1) is 0 Å². The van der Waals surface area contributed by atoms with E-state index in [2.05, 4.69) is 25.6 Å². The first-order chi connectivity index (χ1) is 12.1. The molecule has 0 spiro atoms. The van der Waals surface area contributed by atoms with Gasteiger partial charge in [-0.15, -0.1) is 6.58 Å². The summed E-state index contributed by atoms with van der Waals surface area (Å²) in [4.78, 5) is 12.8. The molecule has 1 aromatic rings. The van der Waals surface area contributed by atoms with Gasteiger partial charge in [0.2, 0.25) is 0 Å². The molecule has 0 amide bonds. The molecular weight excluding hydrogens is 308 g/mol. The Kier molecular flexibility index (Phi) is 4.10. The Balaban J connectivity index is 1.74. The van der Waals surface area contributed by atoms with Gasteiger partial charge >= 0.3 is 0 Å². The van der Waals surface area contributed by atoms with Crippen LogP contribution in [0.2, 0.25) is 0 Å². The highest BCUT2D eigenvalue weighted by Crippen LogP contribution is 2.59. The van der Waals surface area contributed by atoms with Crippen molar-refractivity contribution in [2.24, 2.45) is 17.3 Å². The van der Waals surface area contributed by atoms with Crippen molar-refractivity contribution in [1.82, 2.24) is 0 Å². The summed E-state index contributed by atoms with van der Waals surface area (Å²) in [5, 5.41) is 10.3. The van der Waals surface area contributed by atoms with Crippen molar-refractivity contribution in [2.75, 3.05) is 0 Å². The lowest BCUT2D eigenvalue weighted by Crippen LogP contribution is -2.49. The van der Waals surface area contributed by atoms with Gasteiger partial charge < -0.3 is 5.11 Å². The molecule has 2 nitrogen and oxygen atoms in total. The lowest BCUT2D eigenvalue weighted by Gasteiger charge is -2.53. The average molecular weight is 336 g/mol. The molecule has 4 rings (SSSR count). The monoisotopic (exact) mass is 336 g/mol. The van der Waals surface area contributed by atoms with E-state index >= 15 is 0 Å². The average Bonchev–Trinajstić information content (AvgIpc) is 2.62. The topological polar surface area (TPSA) is 37.3 Å². The van der Waals surface area contributed by atoms with Crippen LogP contribution >= 0.6 is 0 Å². The quantitative estimate of drug-likeness (QED) is 0.780. The highest BCUT2D eigenvalue weighted by molar-refractivity contribution is 5.96. The predicted molar refractivity (Wildman–Crippen MR) is 101 cm³/mol. The van der Waals surface area contributed by atoms with Gasteiger partial charge in [-0.3, -0.25) is 4.79 Å². The third kappa shape index (κ3) is 2.41. The van der Waals surface area contributed by atoms with E-state index in [4.69, 9.17) is 0 Å². The van der Waals surface area contributed by atoms with Crippen molar-refractivity contribution in [3.8, 4) is 5.75 Å². The number of phenols is 1. The third-order valence-corrected chi connectivity index (χ3v) is 7.28. The molecule has 2 heteroatoms. The largest absolute Gasteiger partial charge is 0.508 e. The van der Waals surface area contributed by atoms with Crippen LogP contribution in [-0.4, -0.2) is 10.9 Å². The van der Waals surface area contributed by atoms with Crippen molar-refractivity contribution < 1.29 is 9.90 Å². The number of benzene rings is 1. The van der Waals surface area contributed by atoms with E-state index in [1.165, 1.54) is 11.1 Å². The molecule has 4 atom stereocenters. The van der Waals surface area contributed by atoms with Gasteiger partial charge in [0, 0.05) is 5.41 Å². The van der Waals surface area contributed by atoms with Crippen LogP contribution < -0.4 is 0 Å². The van der Waals surface area contributed by atoms with E-state index < -0.39 is 0 Å². The molecule has 0 radical (unpaired) electrons. The number of carbonyl (C=O) groups excluding carboxylic acids is 1. The second-order valence-electron chi connectivity index (χ2n) is 8.14. The van der Waals surface area contributed by atoms with Crippen molar-refractivity contribution in [3.05, 3.63) is 53.6 Å². The minimum atomic E-state index is -0.117. The number of ketones is 1. The summed E-state index contributed by atoms with van der Waals surface area (Å²) in [6.07, 6.45) is 12.8. The van der Waals surface area contributed by atoms with Crippen LogP contribution in [0, 0.1) is 17.3 Å². The molecule has 25 heavy (non-hydrogen) atoms. The normalized spacial score (nSPS) is 33.3. The maximum absolute atomic E-state index is 12.8. The van der Waals surface area contributed by atoms with Gasteiger partial charge in [-0.25, -0.2) is 0 Å². The molecule has 1 saturated carbocycles. The standard InChI is InChI=1S/C23H28O2/c1-3-6-16-13-19-15(14-21(16)24)9-10-18-17(19)11-12-23(4-2)20(18)7-5-8-22(23)25/h3,5,8,13-14,17-18,20,24H,1,4,6-7,9-12H2,2H3/t17-,18+,20-,23-/m0/s1. The lowest BCUT2D eigenvalue weighted by atomic mass is 9.50. The number of phenolic OH excluding ortho intramolecular Hbond substituents is 1. The first kappa shape index (κ1) is 16.6. The Bertz CT molecular complexity index is 745. The number of aryl methyl sites for hydroxylation is 1. The number of allylic oxidation sites excluding steroid dienone is 3. The smallest absolute Gasteiger partial charge is 0.161 e. The molecular formula is C23H28O2. The minimum absolute atomic E-state index is 0.117. The van der Waals surface area contributed by atoms with Gasteiger partial charge in [0.1, 0.15) is 5.75 Å². The van der Waals surface area contributed by atoms with E-state index in [1.807, 2.05) is 18.2 Å². The number of hydrogen-bond acceptors (Lipinski definition) is 2. The summed E-state index contributed by atoms with van der Waals surface area (Å²) in [5.41, 5.74) is 3.61. The SMILES string of the molecule is C=CCc1cc2c(cc1O)CC[C@@H]1[C@@H]2CC[C@]2(CC)C(=O)C=CC[C@@H]12. The van der Waals surface area contributed by atoms with Crippen LogP contribution in [0.1, 0.15) is 61.6 Å². The van der Waals surface area contributed by atoms with E-state index in [-0.39, 0.29) is 5.41 Å². The number of hydrogen-bond donors (Lipinski definition) is 1. The molecule has 0 bridgehead atoms. The van der Waals surface area contributed by atoms with Crippen LogP contribution in [0.5, 0.6) is 5.75 Å². The summed E-state index contributed by atoms with van der Waals surface area (Å²) in [7, 11) is 0. The zero-order valence-electron chi connectivity index (χ0n) is 15.1. The van der Waals surface area contributed by atoms with E-state index in [9.17, 15) is 9.90 Å². The van der Waals surface area contributed by atoms with Crippen LogP contribution in [0.4, 0.5) is 0 Å². The summed E-state index contributed by atoms with van der Waals surface area (Å²) in [5.74, 6) is 2.40. The van der Waals surface area contributed by atoms with Crippen molar-refractivity contribution in [2.45, 2.75) is 57.8 Å². The Hall–Kier alpha value is -1.83. The zero-order valence-corrected chi connectivity index (χ0v) is 15.1. The Morgan fingerprint density at radius 1 is 1.36 bits per heavy atom. The van der Waals surface area contributed by atoms with Gasteiger partial charge in [0.25, 0.3) is 0 Å². The van der Waals surface area contributed by atoms with E-state index in [0.717, 1.165) is 44.1 Å². The van der Waals surface area contributed by atoms with Crippen molar-refractivity contribution in [3.63, 3.8) is 0 Å².